The second kappa shape index (κ2) is 6.75. The lowest BCUT2D eigenvalue weighted by atomic mass is 10.1. The van der Waals surface area contributed by atoms with Crippen molar-refractivity contribution in [3.8, 4) is 0 Å². The van der Waals surface area contributed by atoms with Crippen molar-refractivity contribution in [1.82, 2.24) is 9.97 Å². The van der Waals surface area contributed by atoms with E-state index in [0.717, 1.165) is 34.3 Å². The highest BCUT2D eigenvalue weighted by Crippen LogP contribution is 2.30. The highest BCUT2D eigenvalue weighted by atomic mass is 35.5. The van der Waals surface area contributed by atoms with Gasteiger partial charge in [0.2, 0.25) is 0 Å². The molecule has 0 radical (unpaired) electrons. The van der Waals surface area contributed by atoms with Crippen molar-refractivity contribution < 1.29 is 0 Å². The maximum Gasteiger partial charge on any atom is 0.136 e. The van der Waals surface area contributed by atoms with Gasteiger partial charge in [-0.15, -0.1) is 0 Å². The summed E-state index contributed by atoms with van der Waals surface area (Å²) < 4.78 is 0. The fourth-order valence-corrected chi connectivity index (χ4v) is 3.56. The van der Waals surface area contributed by atoms with Crippen LogP contribution in [0.15, 0.2) is 18.2 Å². The molecule has 4 nitrogen and oxygen atoms in total. The second-order valence-corrected chi connectivity index (χ2v) is 6.78. The molecule has 23 heavy (non-hydrogen) atoms. The van der Waals surface area contributed by atoms with Crippen LogP contribution < -0.4 is 10.6 Å². The number of benzene rings is 1. The van der Waals surface area contributed by atoms with Crippen LogP contribution in [0.5, 0.6) is 0 Å². The maximum absolute atomic E-state index is 6.38. The Hall–Kier alpha value is -1.81. The zero-order valence-corrected chi connectivity index (χ0v) is 14.7. The first-order valence-corrected chi connectivity index (χ1v) is 8.55. The van der Waals surface area contributed by atoms with Crippen LogP contribution in [0, 0.1) is 20.8 Å². The standard InChI is InChI=1S/C18H23ClN4/c1-11-8-12(2)18(15(19)9-11)23-17-10-16(20-13(3)21-17)22-14-6-4-5-7-14/h8-10,14H,4-7H2,1-3H3,(H2,20,21,22,23). The predicted octanol–water partition coefficient (Wildman–Crippen LogP) is 5.15. The number of nitrogens with zero attached hydrogens (tertiary/aromatic N) is 2. The van der Waals surface area contributed by atoms with E-state index in [1.807, 2.05) is 32.9 Å². The molecule has 2 aromatic rings. The minimum absolute atomic E-state index is 0.529. The van der Waals surface area contributed by atoms with Crippen molar-refractivity contribution in [2.75, 3.05) is 10.6 Å². The number of rotatable bonds is 4. The van der Waals surface area contributed by atoms with Crippen LogP contribution in [-0.2, 0) is 0 Å². The summed E-state index contributed by atoms with van der Waals surface area (Å²) in [5.41, 5.74) is 3.17. The summed E-state index contributed by atoms with van der Waals surface area (Å²) >= 11 is 6.38. The highest BCUT2D eigenvalue weighted by Gasteiger charge is 2.16. The molecule has 0 aliphatic heterocycles. The van der Waals surface area contributed by atoms with Crippen molar-refractivity contribution in [3.05, 3.63) is 40.2 Å². The van der Waals surface area contributed by atoms with Crippen molar-refractivity contribution >= 4 is 28.9 Å². The quantitative estimate of drug-likeness (QED) is 0.813. The topological polar surface area (TPSA) is 49.8 Å². The molecule has 0 bridgehead atoms. The molecule has 3 rings (SSSR count). The minimum Gasteiger partial charge on any atom is -0.367 e. The number of hydrogen-bond donors (Lipinski definition) is 2. The molecule has 1 fully saturated rings. The van der Waals surface area contributed by atoms with Crippen molar-refractivity contribution in [2.45, 2.75) is 52.5 Å². The fourth-order valence-electron chi connectivity index (χ4n) is 3.19. The number of hydrogen-bond acceptors (Lipinski definition) is 4. The van der Waals surface area contributed by atoms with Gasteiger partial charge in [-0.25, -0.2) is 9.97 Å². The van der Waals surface area contributed by atoms with E-state index in [1.165, 1.54) is 25.7 Å². The van der Waals surface area contributed by atoms with Gasteiger partial charge >= 0.3 is 0 Å². The van der Waals surface area contributed by atoms with Crippen LogP contribution in [0.3, 0.4) is 0 Å². The van der Waals surface area contributed by atoms with E-state index < -0.39 is 0 Å². The summed E-state index contributed by atoms with van der Waals surface area (Å²) in [6.07, 6.45) is 5.03. The number of halogens is 1. The molecule has 1 heterocycles. The molecular formula is C18H23ClN4. The van der Waals surface area contributed by atoms with Crippen LogP contribution in [0.4, 0.5) is 17.3 Å². The minimum atomic E-state index is 0.529. The van der Waals surface area contributed by atoms with Gasteiger partial charge in [0.1, 0.15) is 17.5 Å². The smallest absolute Gasteiger partial charge is 0.136 e. The number of anilines is 3. The lowest BCUT2D eigenvalue weighted by Gasteiger charge is -2.16. The van der Waals surface area contributed by atoms with Crippen LogP contribution in [0.25, 0.3) is 0 Å². The Labute approximate surface area is 142 Å². The maximum atomic E-state index is 6.38. The van der Waals surface area contributed by atoms with Gasteiger partial charge in [0.25, 0.3) is 0 Å². The largest absolute Gasteiger partial charge is 0.367 e. The summed E-state index contributed by atoms with van der Waals surface area (Å²) in [5.74, 6) is 2.40. The number of aromatic nitrogens is 2. The molecule has 0 saturated heterocycles. The summed E-state index contributed by atoms with van der Waals surface area (Å²) in [5, 5.41) is 7.58. The average Bonchev–Trinajstić information content (AvgIpc) is 2.95. The van der Waals surface area contributed by atoms with Gasteiger partial charge < -0.3 is 10.6 Å². The van der Waals surface area contributed by atoms with Gasteiger partial charge in [-0.2, -0.15) is 0 Å². The molecule has 0 unspecified atom stereocenters. The van der Waals surface area contributed by atoms with Gasteiger partial charge in [-0.05, 0) is 50.8 Å². The van der Waals surface area contributed by atoms with Crippen molar-refractivity contribution in [2.24, 2.45) is 0 Å². The molecule has 122 valence electrons. The number of nitrogens with one attached hydrogen (secondary N) is 2. The monoisotopic (exact) mass is 330 g/mol. The Kier molecular flexibility index (Phi) is 4.71. The first-order valence-electron chi connectivity index (χ1n) is 8.17. The Morgan fingerprint density at radius 2 is 1.70 bits per heavy atom. The van der Waals surface area contributed by atoms with Gasteiger partial charge in [-0.3, -0.25) is 0 Å². The van der Waals surface area contributed by atoms with E-state index in [-0.39, 0.29) is 0 Å². The van der Waals surface area contributed by atoms with Gasteiger partial charge in [0.05, 0.1) is 10.7 Å². The van der Waals surface area contributed by atoms with E-state index >= 15 is 0 Å². The molecule has 5 heteroatoms. The van der Waals surface area contributed by atoms with E-state index in [2.05, 4.69) is 26.7 Å². The molecule has 1 saturated carbocycles. The van der Waals surface area contributed by atoms with Crippen molar-refractivity contribution in [1.29, 1.82) is 0 Å². The zero-order valence-electron chi connectivity index (χ0n) is 13.9. The van der Waals surface area contributed by atoms with Crippen molar-refractivity contribution in [3.63, 3.8) is 0 Å². The zero-order chi connectivity index (χ0) is 16.4. The summed E-state index contributed by atoms with van der Waals surface area (Å²) in [7, 11) is 0. The first-order chi connectivity index (χ1) is 11.0. The highest BCUT2D eigenvalue weighted by molar-refractivity contribution is 6.33. The molecule has 0 atom stereocenters. The average molecular weight is 331 g/mol. The van der Waals surface area contributed by atoms with E-state index in [0.29, 0.717) is 11.1 Å². The molecule has 0 spiro atoms. The van der Waals surface area contributed by atoms with Crippen LogP contribution in [-0.4, -0.2) is 16.0 Å². The van der Waals surface area contributed by atoms with E-state index in [1.54, 1.807) is 0 Å². The Balaban J connectivity index is 1.84. The van der Waals surface area contributed by atoms with Gasteiger partial charge in [0.15, 0.2) is 0 Å². The predicted molar refractivity (Wildman–Crippen MR) is 96.9 cm³/mol. The van der Waals surface area contributed by atoms with Crippen LogP contribution in [0.1, 0.15) is 42.6 Å². The Morgan fingerprint density at radius 3 is 2.39 bits per heavy atom. The van der Waals surface area contributed by atoms with Gasteiger partial charge in [0, 0.05) is 12.1 Å². The van der Waals surface area contributed by atoms with Gasteiger partial charge in [-0.1, -0.05) is 30.5 Å². The Morgan fingerprint density at radius 1 is 1.00 bits per heavy atom. The normalized spacial score (nSPS) is 15.0. The molecule has 1 aromatic carbocycles. The molecule has 1 aromatic heterocycles. The third-order valence-electron chi connectivity index (χ3n) is 4.23. The third-order valence-corrected chi connectivity index (χ3v) is 4.53. The lowest BCUT2D eigenvalue weighted by molar-refractivity contribution is 0.748. The van der Waals surface area contributed by atoms with E-state index in [4.69, 9.17) is 11.6 Å². The summed E-state index contributed by atoms with van der Waals surface area (Å²) in [6, 6.07) is 6.56. The molecule has 0 amide bonds. The second-order valence-electron chi connectivity index (χ2n) is 6.37. The third kappa shape index (κ3) is 3.94. The summed E-state index contributed by atoms with van der Waals surface area (Å²) in [6.45, 7) is 6.00. The molecule has 1 aliphatic carbocycles. The van der Waals surface area contributed by atoms with Crippen LogP contribution >= 0.6 is 11.6 Å². The first kappa shape index (κ1) is 16.1. The SMILES string of the molecule is Cc1cc(C)c(Nc2cc(NC3CCCC3)nc(C)n2)c(Cl)c1. The molecule has 2 N–H and O–H groups in total. The Bertz CT molecular complexity index is 685. The number of aryl methyl sites for hydroxylation is 3. The lowest BCUT2D eigenvalue weighted by Crippen LogP contribution is -2.16. The summed E-state index contributed by atoms with van der Waals surface area (Å²) in [4.78, 5) is 8.99. The molecular weight excluding hydrogens is 308 g/mol. The van der Waals surface area contributed by atoms with Crippen LogP contribution in [0.2, 0.25) is 5.02 Å². The molecule has 1 aliphatic rings. The fraction of sp³-hybridized carbons (Fsp3) is 0.444. The van der Waals surface area contributed by atoms with E-state index in [9.17, 15) is 0 Å².